The first-order valence-corrected chi connectivity index (χ1v) is 8.82. The molecular weight excluding hydrogens is 312 g/mol. The fourth-order valence-electron chi connectivity index (χ4n) is 2.84. The third-order valence-electron chi connectivity index (χ3n) is 4.23. The van der Waals surface area contributed by atoms with Crippen molar-refractivity contribution >= 4 is 0 Å². The van der Waals surface area contributed by atoms with E-state index >= 15 is 0 Å². The van der Waals surface area contributed by atoms with Crippen LogP contribution in [-0.2, 0) is 11.2 Å². The second-order valence-electron chi connectivity index (χ2n) is 6.21. The summed E-state index contributed by atoms with van der Waals surface area (Å²) in [5.41, 5.74) is 2.50. The summed E-state index contributed by atoms with van der Waals surface area (Å²) in [6.07, 6.45) is 9.22. The number of ether oxygens (including phenoxy) is 3. The molecule has 1 unspecified atom stereocenters. The lowest BCUT2D eigenvalue weighted by atomic mass is 10.0. The maximum atomic E-state index is 5.80. The SMILES string of the molecule is C#CCCOc1ccc(Cc2ccc(OCC3CCCO3)cc2)cc1. The number of terminal acetylenes is 1. The topological polar surface area (TPSA) is 27.7 Å². The Bertz CT molecular complexity index is 677. The van der Waals surface area contributed by atoms with Crippen molar-refractivity contribution in [3.8, 4) is 23.8 Å². The monoisotopic (exact) mass is 336 g/mol. The summed E-state index contributed by atoms with van der Waals surface area (Å²) in [4.78, 5) is 0. The van der Waals surface area contributed by atoms with Gasteiger partial charge in [0.15, 0.2) is 0 Å². The van der Waals surface area contributed by atoms with Gasteiger partial charge in [-0.25, -0.2) is 0 Å². The summed E-state index contributed by atoms with van der Waals surface area (Å²) < 4.78 is 16.9. The molecule has 3 nitrogen and oxygen atoms in total. The summed E-state index contributed by atoms with van der Waals surface area (Å²) in [5, 5.41) is 0. The van der Waals surface area contributed by atoms with Crippen LogP contribution in [0.3, 0.4) is 0 Å². The van der Waals surface area contributed by atoms with Gasteiger partial charge in [-0.1, -0.05) is 24.3 Å². The molecule has 2 aromatic rings. The average molecular weight is 336 g/mol. The normalized spacial score (nSPS) is 16.4. The van der Waals surface area contributed by atoms with Crippen LogP contribution >= 0.6 is 0 Å². The zero-order chi connectivity index (χ0) is 17.3. The van der Waals surface area contributed by atoms with E-state index in [1.165, 1.54) is 11.1 Å². The molecule has 0 radical (unpaired) electrons. The second-order valence-corrected chi connectivity index (χ2v) is 6.21. The minimum atomic E-state index is 0.251. The highest BCUT2D eigenvalue weighted by atomic mass is 16.5. The molecule has 1 atom stereocenters. The summed E-state index contributed by atoms with van der Waals surface area (Å²) in [6, 6.07) is 16.4. The van der Waals surface area contributed by atoms with E-state index in [-0.39, 0.29) is 6.10 Å². The highest BCUT2D eigenvalue weighted by Crippen LogP contribution is 2.19. The molecule has 0 aliphatic carbocycles. The molecule has 0 saturated carbocycles. The molecule has 130 valence electrons. The van der Waals surface area contributed by atoms with Crippen LogP contribution in [0, 0.1) is 12.3 Å². The molecule has 0 aromatic heterocycles. The zero-order valence-electron chi connectivity index (χ0n) is 14.4. The van der Waals surface area contributed by atoms with Crippen molar-refractivity contribution in [1.82, 2.24) is 0 Å². The van der Waals surface area contributed by atoms with Crippen LogP contribution in [0.25, 0.3) is 0 Å². The van der Waals surface area contributed by atoms with Gasteiger partial charge in [-0.2, -0.15) is 0 Å². The predicted molar refractivity (Wildman–Crippen MR) is 99.1 cm³/mol. The third-order valence-corrected chi connectivity index (χ3v) is 4.23. The molecule has 0 N–H and O–H groups in total. The van der Waals surface area contributed by atoms with Gasteiger partial charge in [-0.05, 0) is 54.7 Å². The Morgan fingerprint density at radius 1 is 0.960 bits per heavy atom. The predicted octanol–water partition coefficient (Wildman–Crippen LogP) is 4.24. The summed E-state index contributed by atoms with van der Waals surface area (Å²) >= 11 is 0. The lowest BCUT2D eigenvalue weighted by Crippen LogP contribution is -2.16. The van der Waals surface area contributed by atoms with Gasteiger partial charge in [-0.15, -0.1) is 12.3 Å². The fourth-order valence-corrected chi connectivity index (χ4v) is 2.84. The van der Waals surface area contributed by atoms with Crippen molar-refractivity contribution in [2.75, 3.05) is 19.8 Å². The van der Waals surface area contributed by atoms with Gasteiger partial charge in [0, 0.05) is 13.0 Å². The molecule has 1 saturated heterocycles. The minimum absolute atomic E-state index is 0.251. The van der Waals surface area contributed by atoms with Crippen molar-refractivity contribution in [2.24, 2.45) is 0 Å². The van der Waals surface area contributed by atoms with Crippen LogP contribution in [0.2, 0.25) is 0 Å². The number of hydrogen-bond acceptors (Lipinski definition) is 3. The molecule has 3 rings (SSSR count). The van der Waals surface area contributed by atoms with E-state index in [0.717, 1.165) is 37.4 Å². The van der Waals surface area contributed by atoms with Crippen molar-refractivity contribution in [1.29, 1.82) is 0 Å². The van der Waals surface area contributed by atoms with Gasteiger partial charge in [0.25, 0.3) is 0 Å². The van der Waals surface area contributed by atoms with Gasteiger partial charge in [0.1, 0.15) is 18.1 Å². The Hall–Kier alpha value is -2.44. The van der Waals surface area contributed by atoms with Crippen molar-refractivity contribution in [2.45, 2.75) is 31.8 Å². The summed E-state index contributed by atoms with van der Waals surface area (Å²) in [5.74, 6) is 4.33. The first-order valence-electron chi connectivity index (χ1n) is 8.82. The summed E-state index contributed by atoms with van der Waals surface area (Å²) in [6.45, 7) is 2.06. The van der Waals surface area contributed by atoms with E-state index in [1.54, 1.807) is 0 Å². The largest absolute Gasteiger partial charge is 0.493 e. The van der Waals surface area contributed by atoms with Crippen molar-refractivity contribution in [3.05, 3.63) is 59.7 Å². The lowest BCUT2D eigenvalue weighted by molar-refractivity contribution is 0.0679. The van der Waals surface area contributed by atoms with Crippen molar-refractivity contribution in [3.63, 3.8) is 0 Å². The van der Waals surface area contributed by atoms with Gasteiger partial charge in [-0.3, -0.25) is 0 Å². The maximum Gasteiger partial charge on any atom is 0.119 e. The van der Waals surface area contributed by atoms with Crippen LogP contribution in [-0.4, -0.2) is 25.9 Å². The van der Waals surface area contributed by atoms with Gasteiger partial charge < -0.3 is 14.2 Å². The molecule has 25 heavy (non-hydrogen) atoms. The van der Waals surface area contributed by atoms with E-state index in [9.17, 15) is 0 Å². The standard InChI is InChI=1S/C22H24O3/c1-2-3-14-23-20-10-6-18(7-11-20)16-19-8-12-21(13-9-19)25-17-22-5-4-15-24-22/h1,6-13,22H,3-5,14-17H2. The molecule has 1 aliphatic rings. The highest BCUT2D eigenvalue weighted by molar-refractivity contribution is 5.34. The Labute approximate surface area is 149 Å². The molecule has 0 spiro atoms. The molecule has 0 amide bonds. The summed E-state index contributed by atoms with van der Waals surface area (Å²) in [7, 11) is 0. The van der Waals surface area contributed by atoms with Crippen LogP contribution in [0.1, 0.15) is 30.4 Å². The fraction of sp³-hybridized carbons (Fsp3) is 0.364. The van der Waals surface area contributed by atoms with E-state index in [4.69, 9.17) is 20.6 Å². The van der Waals surface area contributed by atoms with E-state index in [2.05, 4.69) is 30.2 Å². The zero-order valence-corrected chi connectivity index (χ0v) is 14.4. The van der Waals surface area contributed by atoms with Crippen molar-refractivity contribution < 1.29 is 14.2 Å². The number of rotatable bonds is 8. The molecule has 1 heterocycles. The first kappa shape index (κ1) is 17.4. The quantitative estimate of drug-likeness (QED) is 0.533. The Morgan fingerprint density at radius 2 is 1.60 bits per heavy atom. The lowest BCUT2D eigenvalue weighted by Gasteiger charge is -2.12. The maximum absolute atomic E-state index is 5.80. The van der Waals surface area contributed by atoms with Crippen LogP contribution in [0.4, 0.5) is 0 Å². The molecule has 1 fully saturated rings. The Balaban J connectivity index is 1.48. The molecule has 3 heteroatoms. The van der Waals surface area contributed by atoms with Gasteiger partial charge >= 0.3 is 0 Å². The first-order chi connectivity index (χ1) is 12.3. The third kappa shape index (κ3) is 5.55. The minimum Gasteiger partial charge on any atom is -0.493 e. The van der Waals surface area contributed by atoms with Crippen LogP contribution < -0.4 is 9.47 Å². The van der Waals surface area contributed by atoms with Crippen LogP contribution in [0.15, 0.2) is 48.5 Å². The molecule has 2 aromatic carbocycles. The smallest absolute Gasteiger partial charge is 0.119 e. The number of benzene rings is 2. The second kappa shape index (κ2) is 9.15. The molecular formula is C22H24O3. The van der Waals surface area contributed by atoms with Crippen LogP contribution in [0.5, 0.6) is 11.5 Å². The van der Waals surface area contributed by atoms with E-state index < -0.39 is 0 Å². The highest BCUT2D eigenvalue weighted by Gasteiger charge is 2.15. The Morgan fingerprint density at radius 3 is 2.16 bits per heavy atom. The van der Waals surface area contributed by atoms with E-state index in [1.807, 2.05) is 24.3 Å². The number of hydrogen-bond donors (Lipinski definition) is 0. The average Bonchev–Trinajstić information content (AvgIpc) is 3.16. The van der Waals surface area contributed by atoms with Gasteiger partial charge in [0.2, 0.25) is 0 Å². The van der Waals surface area contributed by atoms with Gasteiger partial charge in [0.05, 0.1) is 12.7 Å². The van der Waals surface area contributed by atoms with E-state index in [0.29, 0.717) is 19.6 Å². The Kier molecular flexibility index (Phi) is 6.36. The molecule has 1 aliphatic heterocycles. The molecule has 0 bridgehead atoms.